The molecule has 2 aliphatic heterocycles. The molecule has 1 amide bonds. The molecule has 1 aromatic heterocycles. The van der Waals surface area contributed by atoms with Crippen molar-refractivity contribution >= 4 is 29.3 Å². The van der Waals surface area contributed by atoms with E-state index in [-0.39, 0.29) is 11.9 Å². The Labute approximate surface area is 198 Å². The van der Waals surface area contributed by atoms with Crippen molar-refractivity contribution in [2.24, 2.45) is 0 Å². The molecule has 0 spiro atoms. The second-order valence-electron chi connectivity index (χ2n) is 8.52. The number of carbonyl (C=O) groups is 1. The lowest BCUT2D eigenvalue weighted by Gasteiger charge is -2.35. The number of rotatable bonds is 6. The molecule has 1 unspecified atom stereocenters. The fourth-order valence-corrected chi connectivity index (χ4v) is 5.35. The predicted molar refractivity (Wildman–Crippen MR) is 131 cm³/mol. The van der Waals surface area contributed by atoms with Gasteiger partial charge < -0.3 is 14.5 Å². The van der Waals surface area contributed by atoms with Gasteiger partial charge in [-0.25, -0.2) is 0 Å². The monoisotopic (exact) mass is 463 g/mol. The Balaban J connectivity index is 1.37. The summed E-state index contributed by atoms with van der Waals surface area (Å²) in [5.74, 6) is 1.28. The minimum atomic E-state index is 0.113. The summed E-state index contributed by atoms with van der Waals surface area (Å²) in [6.07, 6.45) is 2.00. The molecule has 0 bridgehead atoms. The first kappa shape index (κ1) is 22.0. The summed E-state index contributed by atoms with van der Waals surface area (Å²) < 4.78 is 7.65. The fourth-order valence-electron chi connectivity index (χ4n) is 4.55. The van der Waals surface area contributed by atoms with Crippen LogP contribution < -0.4 is 9.80 Å². The highest BCUT2D eigenvalue weighted by atomic mass is 32.2. The molecule has 0 N–H and O–H groups in total. The standard InChI is InChI=1S/C25H29N5O2S/c1-19-11-12-21-9-5-6-10-22(21)30(19)23(31)18-33-25-27-26-24(28-13-15-32-16-14-28)29(25)17-20-7-3-2-4-8-20/h2-10,19H,11-18H2,1H3. The number of thioether (sulfide) groups is 1. The summed E-state index contributed by atoms with van der Waals surface area (Å²) in [4.78, 5) is 17.5. The van der Waals surface area contributed by atoms with Crippen LogP contribution in [0.15, 0.2) is 59.8 Å². The van der Waals surface area contributed by atoms with Crippen LogP contribution in [-0.2, 0) is 22.5 Å². The minimum absolute atomic E-state index is 0.113. The lowest BCUT2D eigenvalue weighted by Crippen LogP contribution is -2.43. The molecular weight excluding hydrogens is 434 g/mol. The van der Waals surface area contributed by atoms with E-state index >= 15 is 0 Å². The van der Waals surface area contributed by atoms with Crippen LogP contribution in [0.25, 0.3) is 0 Å². The quantitative estimate of drug-likeness (QED) is 0.521. The zero-order valence-electron chi connectivity index (χ0n) is 18.9. The van der Waals surface area contributed by atoms with Crippen LogP contribution in [0, 0.1) is 0 Å². The number of nitrogens with zero attached hydrogens (tertiary/aromatic N) is 5. The van der Waals surface area contributed by atoms with Crippen molar-refractivity contribution < 1.29 is 9.53 Å². The highest BCUT2D eigenvalue weighted by Crippen LogP contribution is 2.32. The molecule has 1 atom stereocenters. The summed E-state index contributed by atoms with van der Waals surface area (Å²) in [6.45, 7) is 5.75. The van der Waals surface area contributed by atoms with Gasteiger partial charge in [0.05, 0.1) is 25.5 Å². The maximum Gasteiger partial charge on any atom is 0.237 e. The van der Waals surface area contributed by atoms with Crippen LogP contribution in [0.2, 0.25) is 0 Å². The molecule has 1 fully saturated rings. The van der Waals surface area contributed by atoms with Gasteiger partial charge in [-0.2, -0.15) is 0 Å². The summed E-state index contributed by atoms with van der Waals surface area (Å²) in [5, 5.41) is 9.78. The van der Waals surface area contributed by atoms with Gasteiger partial charge in [-0.1, -0.05) is 60.3 Å². The lowest BCUT2D eigenvalue weighted by atomic mass is 9.97. The van der Waals surface area contributed by atoms with E-state index in [0.717, 1.165) is 42.7 Å². The Bertz CT molecular complexity index is 1100. The number of hydrogen-bond donors (Lipinski definition) is 0. The number of aryl methyl sites for hydroxylation is 1. The molecule has 7 nitrogen and oxygen atoms in total. The Hall–Kier alpha value is -2.84. The second-order valence-corrected chi connectivity index (χ2v) is 9.47. The van der Waals surface area contributed by atoms with Gasteiger partial charge in [0.15, 0.2) is 5.16 Å². The van der Waals surface area contributed by atoms with Crippen LogP contribution in [-0.4, -0.2) is 58.8 Å². The molecule has 2 aromatic carbocycles. The van der Waals surface area contributed by atoms with Gasteiger partial charge in [0.25, 0.3) is 0 Å². The fraction of sp³-hybridized carbons (Fsp3) is 0.400. The number of amides is 1. The van der Waals surface area contributed by atoms with Gasteiger partial charge in [0.1, 0.15) is 0 Å². The maximum atomic E-state index is 13.3. The molecule has 172 valence electrons. The number of ether oxygens (including phenoxy) is 1. The molecule has 33 heavy (non-hydrogen) atoms. The summed E-state index contributed by atoms with van der Waals surface area (Å²) in [6, 6.07) is 18.7. The van der Waals surface area contributed by atoms with Crippen LogP contribution in [0.4, 0.5) is 11.6 Å². The van der Waals surface area contributed by atoms with Gasteiger partial charge in [0.2, 0.25) is 11.9 Å². The van der Waals surface area contributed by atoms with Gasteiger partial charge >= 0.3 is 0 Å². The molecular formula is C25H29N5O2S. The summed E-state index contributed by atoms with van der Waals surface area (Å²) >= 11 is 1.47. The number of hydrogen-bond acceptors (Lipinski definition) is 6. The first-order chi connectivity index (χ1) is 16.2. The van der Waals surface area contributed by atoms with Crippen molar-refractivity contribution in [2.75, 3.05) is 41.9 Å². The van der Waals surface area contributed by atoms with Crippen LogP contribution in [0.1, 0.15) is 24.5 Å². The van der Waals surface area contributed by atoms with Crippen LogP contribution in [0.3, 0.4) is 0 Å². The van der Waals surface area contributed by atoms with E-state index in [9.17, 15) is 4.79 Å². The van der Waals surface area contributed by atoms with Crippen molar-refractivity contribution in [3.05, 3.63) is 65.7 Å². The van der Waals surface area contributed by atoms with E-state index < -0.39 is 0 Å². The molecule has 1 saturated heterocycles. The number of aromatic nitrogens is 3. The first-order valence-electron chi connectivity index (χ1n) is 11.5. The highest BCUT2D eigenvalue weighted by molar-refractivity contribution is 7.99. The number of fused-ring (bicyclic) bond motifs is 1. The van der Waals surface area contributed by atoms with Crippen molar-refractivity contribution in [3.8, 4) is 0 Å². The van der Waals surface area contributed by atoms with Crippen molar-refractivity contribution in [1.29, 1.82) is 0 Å². The molecule has 0 aliphatic carbocycles. The van der Waals surface area contributed by atoms with E-state index in [1.54, 1.807) is 0 Å². The van der Waals surface area contributed by atoms with Crippen molar-refractivity contribution in [2.45, 2.75) is 37.5 Å². The van der Waals surface area contributed by atoms with Crippen molar-refractivity contribution in [1.82, 2.24) is 14.8 Å². The zero-order valence-corrected chi connectivity index (χ0v) is 19.7. The summed E-state index contributed by atoms with van der Waals surface area (Å²) in [7, 11) is 0. The van der Waals surface area contributed by atoms with Gasteiger partial charge in [-0.05, 0) is 37.0 Å². The topological polar surface area (TPSA) is 63.5 Å². The predicted octanol–water partition coefficient (Wildman–Crippen LogP) is 3.62. The molecule has 2 aliphatic rings. The zero-order chi connectivity index (χ0) is 22.6. The maximum absolute atomic E-state index is 13.3. The molecule has 3 aromatic rings. The number of morpholine rings is 1. The SMILES string of the molecule is CC1CCc2ccccc2N1C(=O)CSc1nnc(N2CCOCC2)n1Cc1ccccc1. The lowest BCUT2D eigenvalue weighted by molar-refractivity contribution is -0.116. The molecule has 0 radical (unpaired) electrons. The number of para-hydroxylation sites is 1. The van der Waals surface area contributed by atoms with E-state index in [4.69, 9.17) is 4.74 Å². The van der Waals surface area contributed by atoms with Crippen LogP contribution >= 0.6 is 11.8 Å². The molecule has 5 rings (SSSR count). The normalized spacial score (nSPS) is 18.3. The van der Waals surface area contributed by atoms with Gasteiger partial charge in [-0.3, -0.25) is 9.36 Å². The number of anilines is 2. The first-order valence-corrected chi connectivity index (χ1v) is 12.5. The third-order valence-corrected chi connectivity index (χ3v) is 7.24. The van der Waals surface area contributed by atoms with E-state index in [2.05, 4.69) is 50.9 Å². The highest BCUT2D eigenvalue weighted by Gasteiger charge is 2.29. The van der Waals surface area contributed by atoms with E-state index in [0.29, 0.717) is 25.5 Å². The minimum Gasteiger partial charge on any atom is -0.378 e. The molecule has 3 heterocycles. The molecule has 8 heteroatoms. The third kappa shape index (κ3) is 4.77. The van der Waals surface area contributed by atoms with Crippen molar-refractivity contribution in [3.63, 3.8) is 0 Å². The Morgan fingerprint density at radius 2 is 1.82 bits per heavy atom. The number of benzene rings is 2. The average molecular weight is 464 g/mol. The van der Waals surface area contributed by atoms with Gasteiger partial charge in [0, 0.05) is 24.8 Å². The Morgan fingerprint density at radius 3 is 2.64 bits per heavy atom. The second kappa shape index (κ2) is 9.97. The Kier molecular flexibility index (Phi) is 6.64. The molecule has 0 saturated carbocycles. The smallest absolute Gasteiger partial charge is 0.237 e. The van der Waals surface area contributed by atoms with Crippen LogP contribution in [0.5, 0.6) is 0 Å². The average Bonchev–Trinajstić information content (AvgIpc) is 3.26. The van der Waals surface area contributed by atoms with Gasteiger partial charge in [-0.15, -0.1) is 10.2 Å². The van der Waals surface area contributed by atoms with E-state index in [1.807, 2.05) is 35.2 Å². The largest absolute Gasteiger partial charge is 0.378 e. The van der Waals surface area contributed by atoms with E-state index in [1.165, 1.54) is 22.9 Å². The number of carbonyl (C=O) groups excluding carboxylic acids is 1. The Morgan fingerprint density at radius 1 is 1.06 bits per heavy atom. The third-order valence-electron chi connectivity index (χ3n) is 6.29. The summed E-state index contributed by atoms with van der Waals surface area (Å²) in [5.41, 5.74) is 3.47.